The molecule has 1 rings (SSSR count). The molecule has 0 spiro atoms. The molecular weight excluding hydrogens is 190 g/mol. The Balaban J connectivity index is 2.78. The summed E-state index contributed by atoms with van der Waals surface area (Å²) in [6, 6.07) is 5.70. The topological polar surface area (TPSA) is 44.5 Å². The van der Waals surface area contributed by atoms with Crippen LogP contribution in [-0.2, 0) is 6.54 Å². The third-order valence-electron chi connectivity index (χ3n) is 2.06. The molecule has 2 N–H and O–H groups in total. The fourth-order valence-electron chi connectivity index (χ4n) is 1.24. The average molecular weight is 209 g/mol. The zero-order valence-electron chi connectivity index (χ0n) is 9.62. The van der Waals surface area contributed by atoms with Crippen molar-refractivity contribution >= 4 is 0 Å². The Bertz CT molecular complexity index is 310. The van der Waals surface area contributed by atoms with Crippen molar-refractivity contribution in [3.63, 3.8) is 0 Å². The Morgan fingerprint density at radius 2 is 2.07 bits per heavy atom. The minimum absolute atomic E-state index is 0.463. The Morgan fingerprint density at radius 3 is 2.60 bits per heavy atom. The van der Waals surface area contributed by atoms with Crippen molar-refractivity contribution in [2.75, 3.05) is 13.7 Å². The second kappa shape index (κ2) is 5.61. The molecule has 3 nitrogen and oxygen atoms in total. The second-order valence-electron chi connectivity index (χ2n) is 3.88. The summed E-state index contributed by atoms with van der Waals surface area (Å²) < 4.78 is 10.8. The molecule has 0 heterocycles. The largest absolute Gasteiger partial charge is 0.497 e. The van der Waals surface area contributed by atoms with Crippen LogP contribution >= 0.6 is 0 Å². The Labute approximate surface area is 91.2 Å². The maximum Gasteiger partial charge on any atom is 0.124 e. The van der Waals surface area contributed by atoms with E-state index in [1.54, 1.807) is 7.11 Å². The predicted molar refractivity (Wildman–Crippen MR) is 61.2 cm³/mol. The number of rotatable bonds is 5. The molecule has 1 aromatic carbocycles. The van der Waals surface area contributed by atoms with E-state index < -0.39 is 0 Å². The van der Waals surface area contributed by atoms with E-state index in [1.165, 1.54) is 0 Å². The monoisotopic (exact) mass is 209 g/mol. The summed E-state index contributed by atoms with van der Waals surface area (Å²) in [6.07, 6.45) is 0. The maximum atomic E-state index is 5.65. The molecule has 0 fully saturated rings. The molecule has 0 saturated heterocycles. The summed E-state index contributed by atoms with van der Waals surface area (Å²) in [6.45, 7) is 5.40. The molecule has 0 saturated carbocycles. The number of methoxy groups -OCH3 is 1. The highest BCUT2D eigenvalue weighted by Gasteiger charge is 2.05. The smallest absolute Gasteiger partial charge is 0.124 e. The van der Waals surface area contributed by atoms with Crippen LogP contribution in [0.25, 0.3) is 0 Å². The van der Waals surface area contributed by atoms with Crippen LogP contribution in [0.15, 0.2) is 18.2 Å². The van der Waals surface area contributed by atoms with Gasteiger partial charge in [-0.2, -0.15) is 0 Å². The molecule has 0 bridgehead atoms. The van der Waals surface area contributed by atoms with Gasteiger partial charge in [-0.3, -0.25) is 0 Å². The van der Waals surface area contributed by atoms with Gasteiger partial charge in [-0.1, -0.05) is 13.8 Å². The molecule has 0 aliphatic heterocycles. The fraction of sp³-hybridized carbons (Fsp3) is 0.500. The van der Waals surface area contributed by atoms with Crippen molar-refractivity contribution in [3.05, 3.63) is 23.8 Å². The van der Waals surface area contributed by atoms with Gasteiger partial charge < -0.3 is 15.2 Å². The number of benzene rings is 1. The lowest BCUT2D eigenvalue weighted by atomic mass is 10.2. The van der Waals surface area contributed by atoms with Gasteiger partial charge in [0.2, 0.25) is 0 Å². The molecule has 0 amide bonds. The minimum Gasteiger partial charge on any atom is -0.497 e. The van der Waals surface area contributed by atoms with Crippen LogP contribution < -0.4 is 15.2 Å². The molecule has 3 heteroatoms. The first-order chi connectivity index (χ1) is 7.17. The summed E-state index contributed by atoms with van der Waals surface area (Å²) in [5.74, 6) is 2.18. The minimum atomic E-state index is 0.463. The first-order valence-electron chi connectivity index (χ1n) is 5.17. The molecule has 0 aromatic heterocycles. The van der Waals surface area contributed by atoms with Crippen molar-refractivity contribution in [2.45, 2.75) is 20.4 Å². The fourth-order valence-corrected chi connectivity index (χ4v) is 1.24. The van der Waals surface area contributed by atoms with Gasteiger partial charge in [-0.05, 0) is 24.1 Å². The van der Waals surface area contributed by atoms with Gasteiger partial charge in [0.25, 0.3) is 0 Å². The van der Waals surface area contributed by atoms with Crippen molar-refractivity contribution in [3.8, 4) is 11.5 Å². The maximum absolute atomic E-state index is 5.65. The van der Waals surface area contributed by atoms with Crippen molar-refractivity contribution in [2.24, 2.45) is 11.7 Å². The summed E-state index contributed by atoms with van der Waals surface area (Å²) >= 11 is 0. The van der Waals surface area contributed by atoms with Crippen LogP contribution in [0.1, 0.15) is 19.4 Å². The first kappa shape index (κ1) is 11.9. The quantitative estimate of drug-likeness (QED) is 0.808. The average Bonchev–Trinajstić information content (AvgIpc) is 2.25. The number of ether oxygens (including phenoxy) is 2. The van der Waals surface area contributed by atoms with E-state index in [-0.39, 0.29) is 0 Å². The number of hydrogen-bond donors (Lipinski definition) is 1. The first-order valence-corrected chi connectivity index (χ1v) is 5.17. The SMILES string of the molecule is COc1ccc(OCC(C)C)c(CN)c1. The van der Waals surface area contributed by atoms with Gasteiger partial charge in [-0.15, -0.1) is 0 Å². The highest BCUT2D eigenvalue weighted by molar-refractivity contribution is 5.40. The lowest BCUT2D eigenvalue weighted by molar-refractivity contribution is 0.268. The standard InChI is InChI=1S/C12H19NO2/c1-9(2)8-15-12-5-4-11(14-3)6-10(12)7-13/h4-6,9H,7-8,13H2,1-3H3. The van der Waals surface area contributed by atoms with Crippen molar-refractivity contribution in [1.29, 1.82) is 0 Å². The molecular formula is C12H19NO2. The zero-order valence-corrected chi connectivity index (χ0v) is 9.62. The Kier molecular flexibility index (Phi) is 4.43. The van der Waals surface area contributed by atoms with E-state index in [4.69, 9.17) is 15.2 Å². The molecule has 1 aromatic rings. The van der Waals surface area contributed by atoms with Gasteiger partial charge in [0, 0.05) is 12.1 Å². The third-order valence-corrected chi connectivity index (χ3v) is 2.06. The summed E-state index contributed by atoms with van der Waals surface area (Å²) in [4.78, 5) is 0. The molecule has 15 heavy (non-hydrogen) atoms. The van der Waals surface area contributed by atoms with Crippen molar-refractivity contribution < 1.29 is 9.47 Å². The molecule has 0 radical (unpaired) electrons. The zero-order chi connectivity index (χ0) is 11.3. The van der Waals surface area contributed by atoms with Gasteiger partial charge in [-0.25, -0.2) is 0 Å². The summed E-state index contributed by atoms with van der Waals surface area (Å²) in [7, 11) is 1.64. The van der Waals surface area contributed by atoms with Crippen LogP contribution in [-0.4, -0.2) is 13.7 Å². The van der Waals surface area contributed by atoms with Gasteiger partial charge >= 0.3 is 0 Å². The number of hydrogen-bond acceptors (Lipinski definition) is 3. The van der Waals surface area contributed by atoms with Crippen LogP contribution in [0.2, 0.25) is 0 Å². The lowest BCUT2D eigenvalue weighted by Crippen LogP contribution is -2.08. The molecule has 0 aliphatic rings. The number of nitrogens with two attached hydrogens (primary N) is 1. The van der Waals surface area contributed by atoms with Crippen molar-refractivity contribution in [1.82, 2.24) is 0 Å². The van der Waals surface area contributed by atoms with E-state index in [0.29, 0.717) is 19.1 Å². The van der Waals surface area contributed by atoms with Crippen LogP contribution in [0.3, 0.4) is 0 Å². The Hall–Kier alpha value is -1.22. The second-order valence-corrected chi connectivity index (χ2v) is 3.88. The predicted octanol–water partition coefficient (Wildman–Crippen LogP) is 2.19. The summed E-state index contributed by atoms with van der Waals surface area (Å²) in [5, 5.41) is 0. The Morgan fingerprint density at radius 1 is 1.33 bits per heavy atom. The molecule has 0 atom stereocenters. The van der Waals surface area contributed by atoms with Crippen LogP contribution in [0, 0.1) is 5.92 Å². The highest BCUT2D eigenvalue weighted by Crippen LogP contribution is 2.24. The van der Waals surface area contributed by atoms with E-state index in [1.807, 2.05) is 18.2 Å². The van der Waals surface area contributed by atoms with E-state index in [9.17, 15) is 0 Å². The van der Waals surface area contributed by atoms with Gasteiger partial charge in [0.15, 0.2) is 0 Å². The molecule has 84 valence electrons. The molecule has 0 aliphatic carbocycles. The van der Waals surface area contributed by atoms with E-state index in [0.717, 1.165) is 17.1 Å². The highest BCUT2D eigenvalue weighted by atomic mass is 16.5. The normalized spacial score (nSPS) is 10.5. The lowest BCUT2D eigenvalue weighted by Gasteiger charge is -2.13. The van der Waals surface area contributed by atoms with Gasteiger partial charge in [0.05, 0.1) is 13.7 Å². The van der Waals surface area contributed by atoms with E-state index in [2.05, 4.69) is 13.8 Å². The van der Waals surface area contributed by atoms with Crippen LogP contribution in [0.5, 0.6) is 11.5 Å². The molecule has 0 unspecified atom stereocenters. The van der Waals surface area contributed by atoms with E-state index >= 15 is 0 Å². The van der Waals surface area contributed by atoms with Gasteiger partial charge in [0.1, 0.15) is 11.5 Å². The van der Waals surface area contributed by atoms with Crippen LogP contribution in [0.4, 0.5) is 0 Å². The summed E-state index contributed by atoms with van der Waals surface area (Å²) in [5.41, 5.74) is 6.63. The third kappa shape index (κ3) is 3.44.